The standard InChI is InChI=1S/C9H14N6O2/c10-3-4-13-7(16)5-1-2-6(14-5)8(17)15-9(11)12/h1-2,14H,3-4,10H2,(H,13,16)(H4,11,12,15,17). The Labute approximate surface area is 97.3 Å². The largest absolute Gasteiger partial charge is 0.370 e. The van der Waals surface area contributed by atoms with Gasteiger partial charge < -0.3 is 27.5 Å². The summed E-state index contributed by atoms with van der Waals surface area (Å²) in [7, 11) is 0. The van der Waals surface area contributed by atoms with Gasteiger partial charge in [-0.1, -0.05) is 0 Å². The average molecular weight is 238 g/mol. The third-order valence-corrected chi connectivity index (χ3v) is 1.82. The lowest BCUT2D eigenvalue weighted by atomic mass is 10.4. The van der Waals surface area contributed by atoms with Crippen LogP contribution in [0.25, 0.3) is 0 Å². The lowest BCUT2D eigenvalue weighted by Gasteiger charge is -2.00. The molecule has 0 unspecified atom stereocenters. The first-order valence-corrected chi connectivity index (χ1v) is 4.86. The predicted octanol–water partition coefficient (Wildman–Crippen LogP) is -1.88. The molecule has 1 heterocycles. The average Bonchev–Trinajstić information content (AvgIpc) is 2.74. The third kappa shape index (κ3) is 3.61. The number of aromatic amines is 1. The molecule has 8 N–H and O–H groups in total. The van der Waals surface area contributed by atoms with E-state index in [1.165, 1.54) is 12.1 Å². The molecular formula is C9H14N6O2. The van der Waals surface area contributed by atoms with Crippen molar-refractivity contribution in [2.75, 3.05) is 13.1 Å². The zero-order valence-electron chi connectivity index (χ0n) is 9.06. The van der Waals surface area contributed by atoms with Gasteiger partial charge in [-0.05, 0) is 12.1 Å². The Morgan fingerprint density at radius 1 is 1.29 bits per heavy atom. The van der Waals surface area contributed by atoms with E-state index < -0.39 is 5.91 Å². The predicted molar refractivity (Wildman–Crippen MR) is 62.3 cm³/mol. The van der Waals surface area contributed by atoms with Crippen LogP contribution in [0.5, 0.6) is 0 Å². The summed E-state index contributed by atoms with van der Waals surface area (Å²) in [6.45, 7) is 0.696. The van der Waals surface area contributed by atoms with Gasteiger partial charge >= 0.3 is 0 Å². The Hall–Kier alpha value is -2.35. The highest BCUT2D eigenvalue weighted by atomic mass is 16.2. The maximum absolute atomic E-state index is 11.5. The lowest BCUT2D eigenvalue weighted by molar-refractivity contribution is 0.0950. The van der Waals surface area contributed by atoms with Gasteiger partial charge in [0.05, 0.1) is 0 Å². The van der Waals surface area contributed by atoms with Gasteiger partial charge in [0.2, 0.25) is 0 Å². The first-order valence-electron chi connectivity index (χ1n) is 4.86. The van der Waals surface area contributed by atoms with E-state index in [1.54, 1.807) is 0 Å². The van der Waals surface area contributed by atoms with Crippen LogP contribution in [0.3, 0.4) is 0 Å². The fourth-order valence-electron chi connectivity index (χ4n) is 1.11. The number of amides is 2. The van der Waals surface area contributed by atoms with Crippen molar-refractivity contribution in [1.82, 2.24) is 10.3 Å². The molecule has 0 aromatic carbocycles. The zero-order valence-corrected chi connectivity index (χ0v) is 9.06. The SMILES string of the molecule is NCCNC(=O)c1ccc(C(=O)N=C(N)N)[nH]1. The molecular weight excluding hydrogens is 224 g/mol. The van der Waals surface area contributed by atoms with E-state index in [-0.39, 0.29) is 23.3 Å². The minimum absolute atomic E-state index is 0.135. The number of carbonyl (C=O) groups excluding carboxylic acids is 2. The number of aromatic nitrogens is 1. The van der Waals surface area contributed by atoms with E-state index in [2.05, 4.69) is 15.3 Å². The Morgan fingerprint density at radius 2 is 1.94 bits per heavy atom. The minimum Gasteiger partial charge on any atom is -0.370 e. The summed E-state index contributed by atoms with van der Waals surface area (Å²) in [5.74, 6) is -1.32. The summed E-state index contributed by atoms with van der Waals surface area (Å²) in [4.78, 5) is 28.8. The molecule has 0 aliphatic carbocycles. The first-order chi connectivity index (χ1) is 8.04. The Balaban J connectivity index is 2.74. The fourth-order valence-corrected chi connectivity index (χ4v) is 1.11. The van der Waals surface area contributed by atoms with Gasteiger partial charge in [-0.3, -0.25) is 9.59 Å². The van der Waals surface area contributed by atoms with Gasteiger partial charge in [0, 0.05) is 13.1 Å². The number of rotatable bonds is 4. The van der Waals surface area contributed by atoms with Gasteiger partial charge in [-0.2, -0.15) is 4.99 Å². The molecule has 0 aliphatic heterocycles. The Kier molecular flexibility index (Phi) is 4.23. The summed E-state index contributed by atoms with van der Waals surface area (Å²) < 4.78 is 0. The second-order valence-corrected chi connectivity index (χ2v) is 3.17. The number of hydrogen-bond acceptors (Lipinski definition) is 3. The van der Waals surface area contributed by atoms with Gasteiger partial charge in [0.25, 0.3) is 11.8 Å². The third-order valence-electron chi connectivity index (χ3n) is 1.82. The van der Waals surface area contributed by atoms with E-state index in [9.17, 15) is 9.59 Å². The van der Waals surface area contributed by atoms with Crippen molar-refractivity contribution in [3.63, 3.8) is 0 Å². The summed E-state index contributed by atoms with van der Waals surface area (Å²) in [5, 5.41) is 2.55. The van der Waals surface area contributed by atoms with Crippen molar-refractivity contribution >= 4 is 17.8 Å². The van der Waals surface area contributed by atoms with Crippen LogP contribution in [0.4, 0.5) is 0 Å². The van der Waals surface area contributed by atoms with Crippen LogP contribution < -0.4 is 22.5 Å². The molecule has 0 atom stereocenters. The molecule has 8 nitrogen and oxygen atoms in total. The molecule has 0 saturated carbocycles. The highest BCUT2D eigenvalue weighted by Gasteiger charge is 2.11. The van der Waals surface area contributed by atoms with E-state index in [4.69, 9.17) is 17.2 Å². The quantitative estimate of drug-likeness (QED) is 0.307. The molecule has 0 fully saturated rings. The molecule has 92 valence electrons. The number of nitrogens with one attached hydrogen (secondary N) is 2. The normalized spacial score (nSPS) is 9.71. The number of hydrogen-bond donors (Lipinski definition) is 5. The van der Waals surface area contributed by atoms with E-state index >= 15 is 0 Å². The van der Waals surface area contributed by atoms with Gasteiger partial charge in [0.1, 0.15) is 11.4 Å². The molecule has 0 spiro atoms. The second-order valence-electron chi connectivity index (χ2n) is 3.17. The molecule has 0 radical (unpaired) electrons. The minimum atomic E-state index is -0.636. The topological polar surface area (TPSA) is 152 Å². The van der Waals surface area contributed by atoms with Crippen LogP contribution in [-0.2, 0) is 0 Å². The number of carbonyl (C=O) groups is 2. The Bertz CT molecular complexity index is 446. The maximum Gasteiger partial charge on any atom is 0.296 e. The fraction of sp³-hybridized carbons (Fsp3) is 0.222. The smallest absolute Gasteiger partial charge is 0.296 e. The summed E-state index contributed by atoms with van der Waals surface area (Å²) in [5.41, 5.74) is 15.7. The summed E-state index contributed by atoms with van der Waals surface area (Å²) in [6.07, 6.45) is 0. The monoisotopic (exact) mass is 238 g/mol. The zero-order chi connectivity index (χ0) is 12.8. The molecule has 0 bridgehead atoms. The number of H-pyrrole nitrogens is 1. The van der Waals surface area contributed by atoms with E-state index in [0.29, 0.717) is 13.1 Å². The van der Waals surface area contributed by atoms with Crippen LogP contribution in [0.1, 0.15) is 21.0 Å². The van der Waals surface area contributed by atoms with Crippen molar-refractivity contribution in [3.05, 3.63) is 23.5 Å². The van der Waals surface area contributed by atoms with Crippen molar-refractivity contribution in [2.24, 2.45) is 22.2 Å². The van der Waals surface area contributed by atoms with Crippen molar-refractivity contribution < 1.29 is 9.59 Å². The molecule has 1 aromatic rings. The first kappa shape index (κ1) is 12.7. The number of aliphatic imine (C=N–C) groups is 1. The highest BCUT2D eigenvalue weighted by Crippen LogP contribution is 2.03. The van der Waals surface area contributed by atoms with Gasteiger partial charge in [-0.25, -0.2) is 0 Å². The van der Waals surface area contributed by atoms with Crippen LogP contribution in [-0.4, -0.2) is 35.8 Å². The van der Waals surface area contributed by atoms with Crippen LogP contribution >= 0.6 is 0 Å². The molecule has 8 heteroatoms. The van der Waals surface area contributed by atoms with Gasteiger partial charge in [-0.15, -0.1) is 0 Å². The number of guanidine groups is 1. The van der Waals surface area contributed by atoms with Crippen LogP contribution in [0, 0.1) is 0 Å². The van der Waals surface area contributed by atoms with Crippen LogP contribution in [0.15, 0.2) is 17.1 Å². The van der Waals surface area contributed by atoms with Crippen molar-refractivity contribution in [3.8, 4) is 0 Å². The molecule has 0 saturated heterocycles. The Morgan fingerprint density at radius 3 is 2.53 bits per heavy atom. The summed E-state index contributed by atoms with van der Waals surface area (Å²) in [6, 6.07) is 2.88. The van der Waals surface area contributed by atoms with Crippen molar-refractivity contribution in [2.45, 2.75) is 0 Å². The second kappa shape index (κ2) is 5.66. The highest BCUT2D eigenvalue weighted by molar-refractivity contribution is 6.02. The van der Waals surface area contributed by atoms with Gasteiger partial charge in [0.15, 0.2) is 5.96 Å². The van der Waals surface area contributed by atoms with Crippen molar-refractivity contribution in [1.29, 1.82) is 0 Å². The number of nitrogens with zero attached hydrogens (tertiary/aromatic N) is 1. The lowest BCUT2D eigenvalue weighted by Crippen LogP contribution is -2.29. The van der Waals surface area contributed by atoms with Crippen LogP contribution in [0.2, 0.25) is 0 Å². The summed E-state index contributed by atoms with van der Waals surface area (Å²) >= 11 is 0. The van der Waals surface area contributed by atoms with E-state index in [0.717, 1.165) is 0 Å². The van der Waals surface area contributed by atoms with E-state index in [1.807, 2.05) is 0 Å². The molecule has 17 heavy (non-hydrogen) atoms. The molecule has 2 amide bonds. The molecule has 1 aromatic heterocycles. The number of nitrogens with two attached hydrogens (primary N) is 3. The molecule has 0 aliphatic rings. The maximum atomic E-state index is 11.5. The molecule has 1 rings (SSSR count).